The average Bonchev–Trinajstić information content (AvgIpc) is 2.18. The number of aryl methyl sites for hydroxylation is 2. The Bertz CT molecular complexity index is 589. The van der Waals surface area contributed by atoms with Crippen molar-refractivity contribution in [2.75, 3.05) is 0 Å². The van der Waals surface area contributed by atoms with Gasteiger partial charge in [0.2, 0.25) is 0 Å². The molecule has 0 heterocycles. The highest BCUT2D eigenvalue weighted by molar-refractivity contribution is 7.96. The first-order chi connectivity index (χ1) is 7.63. The van der Waals surface area contributed by atoms with Gasteiger partial charge >= 0.3 is 15.3 Å². The molecule has 0 fully saturated rings. The molecule has 0 radical (unpaired) electrons. The molecular weight excluding hydrogens is 253 g/mol. The maximum absolute atomic E-state index is 12.0. The lowest BCUT2D eigenvalue weighted by Crippen LogP contribution is -2.20. The molecule has 0 aliphatic heterocycles. The van der Waals surface area contributed by atoms with Crippen LogP contribution >= 0.6 is 0 Å². The van der Waals surface area contributed by atoms with Crippen LogP contribution in [-0.4, -0.2) is 13.9 Å². The van der Waals surface area contributed by atoms with Gasteiger partial charge in [-0.05, 0) is 43.0 Å². The van der Waals surface area contributed by atoms with Crippen LogP contribution in [0, 0.1) is 25.0 Å². The smallest absolute Gasteiger partial charge is 0.206 e. The third-order valence-corrected chi connectivity index (χ3v) is 3.12. The molecule has 0 saturated carbocycles. The van der Waals surface area contributed by atoms with E-state index in [0.29, 0.717) is 0 Å². The highest BCUT2D eigenvalue weighted by atomic mass is 32.2. The van der Waals surface area contributed by atoms with Crippen LogP contribution < -0.4 is 0 Å². The molecule has 6 heteroatoms. The number of benzene rings is 1. The van der Waals surface area contributed by atoms with Crippen molar-refractivity contribution in [3.63, 3.8) is 0 Å². The first kappa shape index (κ1) is 13.6. The fourth-order valence-electron chi connectivity index (χ4n) is 1.00. The first-order valence-electron chi connectivity index (χ1n) is 4.55. The van der Waals surface area contributed by atoms with Gasteiger partial charge in [-0.1, -0.05) is 6.07 Å². The van der Waals surface area contributed by atoms with E-state index in [1.807, 2.05) is 12.8 Å². The van der Waals surface area contributed by atoms with Crippen molar-refractivity contribution in [1.29, 1.82) is 0 Å². The normalized spacial score (nSPS) is 11.8. The molecule has 0 atom stereocenters. The molecule has 17 heavy (non-hydrogen) atoms. The fraction of sp³-hybridized carbons (Fsp3) is 0.273. The lowest BCUT2D eigenvalue weighted by atomic mass is 10.1. The zero-order chi connectivity index (χ0) is 13.3. The van der Waals surface area contributed by atoms with Gasteiger partial charge in [0.1, 0.15) is 0 Å². The number of rotatable bonds is 0. The molecule has 2 nitrogen and oxygen atoms in total. The summed E-state index contributed by atoms with van der Waals surface area (Å²) in [5.74, 6) is 2.00. The van der Waals surface area contributed by atoms with Crippen LogP contribution in [0.1, 0.15) is 16.7 Å². The van der Waals surface area contributed by atoms with Gasteiger partial charge in [-0.15, -0.1) is 0 Å². The summed E-state index contributed by atoms with van der Waals surface area (Å²) in [4.78, 5) is 0. The summed E-state index contributed by atoms with van der Waals surface area (Å²) in [6, 6.07) is 4.68. The Morgan fingerprint density at radius 3 is 2.18 bits per heavy atom. The van der Waals surface area contributed by atoms with Gasteiger partial charge in [0.05, 0.1) is 0 Å². The molecule has 1 rings (SSSR count). The van der Waals surface area contributed by atoms with Crippen LogP contribution in [0.5, 0.6) is 0 Å². The van der Waals surface area contributed by atoms with Crippen molar-refractivity contribution in [3.05, 3.63) is 34.9 Å². The summed E-state index contributed by atoms with van der Waals surface area (Å²) in [7, 11) is -5.38. The van der Waals surface area contributed by atoms with E-state index in [1.54, 1.807) is 13.0 Å². The average molecular weight is 262 g/mol. The molecule has 0 aromatic heterocycles. The van der Waals surface area contributed by atoms with Crippen molar-refractivity contribution in [2.24, 2.45) is 0 Å². The lowest BCUT2D eigenvalue weighted by molar-refractivity contribution is -0.0420. The van der Waals surface area contributed by atoms with Crippen LogP contribution in [0.3, 0.4) is 0 Å². The predicted molar refractivity (Wildman–Crippen MR) is 57.8 cm³/mol. The van der Waals surface area contributed by atoms with Gasteiger partial charge in [-0.2, -0.15) is 13.2 Å². The molecule has 0 aliphatic rings. The number of sulfone groups is 1. The van der Waals surface area contributed by atoms with Gasteiger partial charge in [0.15, 0.2) is 0 Å². The number of alkyl halides is 3. The quantitative estimate of drug-likeness (QED) is 0.673. The molecule has 0 N–H and O–H groups in total. The van der Waals surface area contributed by atoms with E-state index in [2.05, 4.69) is 0 Å². The number of hydrogen-bond donors (Lipinski definition) is 0. The standard InChI is InChI=1S/C11H9F3O2S/c1-8-3-4-10(7-9(8)2)5-6-17(15,16)11(12,13)14/h3-4,7H,1-2H3. The maximum Gasteiger partial charge on any atom is 0.509 e. The Labute approximate surface area is 97.4 Å². The second-order valence-electron chi connectivity index (χ2n) is 3.48. The molecule has 0 amide bonds. The Hall–Kier alpha value is -1.48. The van der Waals surface area contributed by atoms with E-state index >= 15 is 0 Å². The van der Waals surface area contributed by atoms with Crippen LogP contribution in [0.15, 0.2) is 18.2 Å². The molecule has 92 valence electrons. The second kappa shape index (κ2) is 4.41. The van der Waals surface area contributed by atoms with Crippen LogP contribution in [0.2, 0.25) is 0 Å². The molecule has 0 unspecified atom stereocenters. The summed E-state index contributed by atoms with van der Waals surface area (Å²) in [5, 5.41) is 1.26. The van der Waals surface area contributed by atoms with Crippen LogP contribution in [0.4, 0.5) is 13.2 Å². The third-order valence-electron chi connectivity index (χ3n) is 2.14. The van der Waals surface area contributed by atoms with E-state index in [4.69, 9.17) is 0 Å². The van der Waals surface area contributed by atoms with Crippen LogP contribution in [0.25, 0.3) is 0 Å². The molecule has 1 aromatic rings. The van der Waals surface area contributed by atoms with Crippen molar-refractivity contribution < 1.29 is 21.6 Å². The van der Waals surface area contributed by atoms with E-state index in [0.717, 1.165) is 11.1 Å². The Morgan fingerprint density at radius 1 is 1.12 bits per heavy atom. The minimum absolute atomic E-state index is 0.237. The Kier molecular flexibility index (Phi) is 3.53. The molecule has 0 aliphatic carbocycles. The summed E-state index contributed by atoms with van der Waals surface area (Å²) < 4.78 is 57.3. The summed E-state index contributed by atoms with van der Waals surface area (Å²) in [6.07, 6.45) is 0. The van der Waals surface area contributed by atoms with Gasteiger partial charge < -0.3 is 0 Å². The van der Waals surface area contributed by atoms with Gasteiger partial charge in [-0.3, -0.25) is 0 Å². The third kappa shape index (κ3) is 3.24. The van der Waals surface area contributed by atoms with E-state index in [1.165, 1.54) is 17.4 Å². The van der Waals surface area contributed by atoms with E-state index in [-0.39, 0.29) is 5.56 Å². The number of hydrogen-bond acceptors (Lipinski definition) is 2. The number of halogens is 3. The monoisotopic (exact) mass is 262 g/mol. The molecular formula is C11H9F3O2S. The van der Waals surface area contributed by atoms with Gasteiger partial charge in [0.25, 0.3) is 0 Å². The minimum atomic E-state index is -5.38. The Morgan fingerprint density at radius 2 is 1.71 bits per heavy atom. The van der Waals surface area contributed by atoms with Crippen molar-refractivity contribution in [3.8, 4) is 11.2 Å². The highest BCUT2D eigenvalue weighted by Gasteiger charge is 2.44. The second-order valence-corrected chi connectivity index (χ2v) is 5.15. The van der Waals surface area contributed by atoms with E-state index < -0.39 is 15.3 Å². The maximum atomic E-state index is 12.0. The van der Waals surface area contributed by atoms with E-state index in [9.17, 15) is 21.6 Å². The first-order valence-corrected chi connectivity index (χ1v) is 6.03. The van der Waals surface area contributed by atoms with Crippen LogP contribution in [-0.2, 0) is 9.84 Å². The van der Waals surface area contributed by atoms with Crippen molar-refractivity contribution >= 4 is 9.84 Å². The fourth-order valence-corrected chi connectivity index (χ4v) is 1.37. The molecule has 1 aromatic carbocycles. The lowest BCUT2D eigenvalue weighted by Gasteiger charge is -2.01. The van der Waals surface area contributed by atoms with Crippen molar-refractivity contribution in [2.45, 2.75) is 19.4 Å². The molecule has 0 bridgehead atoms. The topological polar surface area (TPSA) is 34.1 Å². The summed E-state index contributed by atoms with van der Waals surface area (Å²) in [5.41, 5.74) is -3.31. The SMILES string of the molecule is Cc1ccc(C#CS(=O)(=O)C(F)(F)F)cc1C. The largest absolute Gasteiger partial charge is 0.509 e. The molecule has 0 saturated heterocycles. The molecule has 0 spiro atoms. The zero-order valence-electron chi connectivity index (χ0n) is 9.09. The summed E-state index contributed by atoms with van der Waals surface area (Å²) in [6.45, 7) is 3.60. The Balaban J connectivity index is 3.13. The highest BCUT2D eigenvalue weighted by Crippen LogP contribution is 2.23. The summed E-state index contributed by atoms with van der Waals surface area (Å²) >= 11 is 0. The zero-order valence-corrected chi connectivity index (χ0v) is 9.91. The minimum Gasteiger partial charge on any atom is -0.206 e. The van der Waals surface area contributed by atoms with Gasteiger partial charge in [0, 0.05) is 10.8 Å². The van der Waals surface area contributed by atoms with Gasteiger partial charge in [-0.25, -0.2) is 8.42 Å². The predicted octanol–water partition coefficient (Wildman–Crippen LogP) is 2.55. The van der Waals surface area contributed by atoms with Crippen molar-refractivity contribution in [1.82, 2.24) is 0 Å².